The monoisotopic (exact) mass is 916 g/mol. The Kier molecular flexibility index (Phi) is 22.9. The maximum absolute atomic E-state index is 12.9. The minimum Gasteiger partial charge on any atom is -0.459 e. The van der Waals surface area contributed by atoms with Crippen LogP contribution in [-0.2, 0) is 90.4 Å². The van der Waals surface area contributed by atoms with Gasteiger partial charge in [0.2, 0.25) is 0 Å². The molecule has 3 fully saturated rings. The maximum Gasteiger partial charge on any atom is 0.303 e. The minimum atomic E-state index is -1.49. The molecule has 0 spiro atoms. The van der Waals surface area contributed by atoms with E-state index < -0.39 is 134 Å². The normalized spacial score (nSPS) is 32.6. The largest absolute Gasteiger partial charge is 0.459 e. The van der Waals surface area contributed by atoms with Gasteiger partial charge in [0.25, 0.3) is 0 Å². The minimum absolute atomic E-state index is 0.203. The van der Waals surface area contributed by atoms with Crippen molar-refractivity contribution in [3.8, 4) is 0 Å². The molecule has 15 atom stereocenters. The molecule has 0 aromatic rings. The Hall–Kier alpha value is -3.91. The van der Waals surface area contributed by atoms with Crippen molar-refractivity contribution >= 4 is 41.8 Å². The van der Waals surface area contributed by atoms with E-state index in [-0.39, 0.29) is 13.0 Å². The van der Waals surface area contributed by atoms with E-state index in [1.165, 1.54) is 59.3 Å². The molecule has 19 nitrogen and oxygen atoms in total. The van der Waals surface area contributed by atoms with Crippen LogP contribution in [0.4, 0.5) is 0 Å². The Morgan fingerprint density at radius 2 is 0.766 bits per heavy atom. The average molecular weight is 917 g/mol. The number of ether oxygens (including phenoxy) is 12. The van der Waals surface area contributed by atoms with Crippen molar-refractivity contribution in [1.29, 1.82) is 0 Å². The number of hydrogen-bond acceptors (Lipinski definition) is 19. The quantitative estimate of drug-likeness (QED) is 0.0736. The molecular formula is C45H72O19. The second kappa shape index (κ2) is 26.9. The molecule has 0 aromatic carbocycles. The fraction of sp³-hybridized carbons (Fsp3) is 0.844. The van der Waals surface area contributed by atoms with E-state index in [1.54, 1.807) is 20.8 Å². The van der Waals surface area contributed by atoms with Gasteiger partial charge in [-0.3, -0.25) is 33.6 Å². The topological polar surface area (TPSA) is 230 Å². The molecule has 0 bridgehead atoms. The van der Waals surface area contributed by atoms with E-state index in [4.69, 9.17) is 56.8 Å². The summed E-state index contributed by atoms with van der Waals surface area (Å²) in [5, 5.41) is 0. The van der Waals surface area contributed by atoms with Gasteiger partial charge in [-0.25, -0.2) is 0 Å². The molecule has 19 heteroatoms. The van der Waals surface area contributed by atoms with Crippen molar-refractivity contribution in [1.82, 2.24) is 0 Å². The summed E-state index contributed by atoms with van der Waals surface area (Å²) in [5.74, 6) is -6.22. The van der Waals surface area contributed by atoms with Gasteiger partial charge in [0, 0.05) is 61.0 Å². The molecule has 15 unspecified atom stereocenters. The third-order valence-electron chi connectivity index (χ3n) is 11.2. The van der Waals surface area contributed by atoms with Crippen LogP contribution in [0.1, 0.15) is 147 Å². The van der Waals surface area contributed by atoms with Crippen molar-refractivity contribution in [2.45, 2.75) is 233 Å². The second-order valence-electron chi connectivity index (χ2n) is 16.9. The molecule has 0 N–H and O–H groups in total. The van der Waals surface area contributed by atoms with E-state index in [1.807, 2.05) is 0 Å². The average Bonchev–Trinajstić information content (AvgIpc) is 3.17. The van der Waals surface area contributed by atoms with Crippen LogP contribution in [0.5, 0.6) is 0 Å². The molecular weight excluding hydrogens is 844 g/mol. The highest BCUT2D eigenvalue weighted by Gasteiger charge is 2.57. The summed E-state index contributed by atoms with van der Waals surface area (Å²) in [6.07, 6.45) is -5.93. The molecule has 0 aromatic heterocycles. The lowest BCUT2D eigenvalue weighted by molar-refractivity contribution is -0.352. The zero-order chi connectivity index (χ0) is 47.7. The van der Waals surface area contributed by atoms with E-state index in [0.717, 1.165) is 47.0 Å². The predicted molar refractivity (Wildman–Crippen MR) is 223 cm³/mol. The summed E-state index contributed by atoms with van der Waals surface area (Å²) in [6.45, 7) is 15.4. The molecule has 0 radical (unpaired) electrons. The van der Waals surface area contributed by atoms with Crippen molar-refractivity contribution < 1.29 is 90.4 Å². The Labute approximate surface area is 376 Å². The second-order valence-corrected chi connectivity index (χ2v) is 16.9. The highest BCUT2D eigenvalue weighted by molar-refractivity contribution is 5.69. The maximum atomic E-state index is 12.9. The van der Waals surface area contributed by atoms with Gasteiger partial charge in [-0.15, -0.1) is 0 Å². The van der Waals surface area contributed by atoms with Gasteiger partial charge in [0.05, 0.1) is 24.4 Å². The molecule has 0 aliphatic carbocycles. The summed E-state index contributed by atoms with van der Waals surface area (Å²) >= 11 is 0. The van der Waals surface area contributed by atoms with Gasteiger partial charge in [0.1, 0.15) is 12.2 Å². The van der Waals surface area contributed by atoms with Crippen LogP contribution in [0.15, 0.2) is 0 Å². The lowest BCUT2D eigenvalue weighted by atomic mass is 9.81. The lowest BCUT2D eigenvalue weighted by Gasteiger charge is -2.50. The van der Waals surface area contributed by atoms with E-state index in [0.29, 0.717) is 6.42 Å². The standard InChI is InChI=1S/C45H72O19/c1-12-13-14-15-16-17-18-19-20-21-22-53-44-43(63-33(11)52)42(62-32(10)51)38(26(4)55-44)64-45-39(59-29(7)48)34(36(24(2)56-45)57-27(5)46)23-35-40(60-30(8)49)41(61-31(9)50)37(25(3)54-35)58-28(6)47/h24-26,34-45H,12-23H2,1-11H3. The first-order chi connectivity index (χ1) is 30.2. The van der Waals surface area contributed by atoms with E-state index in [9.17, 15) is 33.6 Å². The number of carbonyl (C=O) groups excluding carboxylic acids is 7. The SMILES string of the molecule is CCCCCCCCCCCCOC1OC(C)C(OC2OC(C)C(OC(C)=O)C(CC3OC(C)C(OC(C)=O)C(OC(C)=O)C3OC(C)=O)C2OC(C)=O)C(OC(C)=O)C1OC(C)=O. The first-order valence-electron chi connectivity index (χ1n) is 22.7. The van der Waals surface area contributed by atoms with Crippen molar-refractivity contribution in [2.24, 2.45) is 5.92 Å². The molecule has 0 amide bonds. The summed E-state index contributed by atoms with van der Waals surface area (Å²) in [4.78, 5) is 87.8. The fourth-order valence-electron chi connectivity index (χ4n) is 8.64. The van der Waals surface area contributed by atoms with Gasteiger partial charge in [-0.2, -0.15) is 0 Å². The number of rotatable bonds is 23. The summed E-state index contributed by atoms with van der Waals surface area (Å²) in [5.41, 5.74) is 0. The molecule has 3 heterocycles. The fourth-order valence-corrected chi connectivity index (χ4v) is 8.64. The molecule has 3 aliphatic rings. The van der Waals surface area contributed by atoms with Gasteiger partial charge in [-0.05, 0) is 33.6 Å². The van der Waals surface area contributed by atoms with Crippen LogP contribution >= 0.6 is 0 Å². The molecule has 366 valence electrons. The zero-order valence-electron chi connectivity index (χ0n) is 39.4. The third kappa shape index (κ3) is 17.1. The van der Waals surface area contributed by atoms with E-state index >= 15 is 0 Å². The Bertz CT molecular complexity index is 1540. The van der Waals surface area contributed by atoms with Gasteiger partial charge in [0.15, 0.2) is 49.2 Å². The number of hydrogen-bond donors (Lipinski definition) is 0. The lowest BCUT2D eigenvalue weighted by Crippen LogP contribution is -2.65. The predicted octanol–water partition coefficient (Wildman–Crippen LogP) is 5.11. The highest BCUT2D eigenvalue weighted by Crippen LogP contribution is 2.41. The van der Waals surface area contributed by atoms with Crippen LogP contribution in [0.2, 0.25) is 0 Å². The van der Waals surface area contributed by atoms with Crippen molar-refractivity contribution in [2.75, 3.05) is 6.61 Å². The highest BCUT2D eigenvalue weighted by atomic mass is 16.8. The van der Waals surface area contributed by atoms with Crippen molar-refractivity contribution in [3.05, 3.63) is 0 Å². The Morgan fingerprint density at radius 3 is 1.28 bits per heavy atom. The Balaban J connectivity index is 1.96. The summed E-state index contributed by atoms with van der Waals surface area (Å²) in [7, 11) is 0. The molecule has 0 saturated carbocycles. The first-order valence-corrected chi connectivity index (χ1v) is 22.7. The number of unbranched alkanes of at least 4 members (excludes halogenated alkanes) is 9. The van der Waals surface area contributed by atoms with Crippen LogP contribution in [0.3, 0.4) is 0 Å². The molecule has 3 aliphatic heterocycles. The number of carbonyl (C=O) groups is 7. The number of esters is 7. The summed E-state index contributed by atoms with van der Waals surface area (Å²) in [6, 6.07) is 0. The molecule has 3 rings (SSSR count). The van der Waals surface area contributed by atoms with Gasteiger partial charge >= 0.3 is 41.8 Å². The van der Waals surface area contributed by atoms with Crippen LogP contribution in [0.25, 0.3) is 0 Å². The zero-order valence-corrected chi connectivity index (χ0v) is 39.4. The van der Waals surface area contributed by atoms with Crippen molar-refractivity contribution in [3.63, 3.8) is 0 Å². The van der Waals surface area contributed by atoms with Gasteiger partial charge in [-0.1, -0.05) is 64.7 Å². The summed E-state index contributed by atoms with van der Waals surface area (Å²) < 4.78 is 71.6. The van der Waals surface area contributed by atoms with Crippen LogP contribution in [-0.4, -0.2) is 134 Å². The smallest absolute Gasteiger partial charge is 0.303 e. The van der Waals surface area contributed by atoms with Gasteiger partial charge < -0.3 is 56.8 Å². The third-order valence-corrected chi connectivity index (χ3v) is 11.2. The van der Waals surface area contributed by atoms with E-state index in [2.05, 4.69) is 6.92 Å². The molecule has 64 heavy (non-hydrogen) atoms. The van der Waals surface area contributed by atoms with Crippen LogP contribution < -0.4 is 0 Å². The first kappa shape index (κ1) is 54.4. The van der Waals surface area contributed by atoms with Crippen LogP contribution in [0, 0.1) is 5.92 Å². The Morgan fingerprint density at radius 1 is 0.391 bits per heavy atom. The molecule has 3 saturated heterocycles.